The standard InChI is InChI=1S/C19H28Cl2N2O4S/c1-19(2,3)27-18(24)22-11-13-4-6-14(7-5-13)12-23-28(25,26)15-8-9-16(20)17(21)10-15/h8-10,13-14,23H,4-7,11-12H2,1-3H3,(H,22,24). The first-order valence-electron chi connectivity index (χ1n) is 9.38. The molecule has 6 nitrogen and oxygen atoms in total. The number of ether oxygens (including phenoxy) is 1. The molecule has 158 valence electrons. The molecule has 0 bridgehead atoms. The maximum Gasteiger partial charge on any atom is 0.407 e. The van der Waals surface area contributed by atoms with E-state index in [0.29, 0.717) is 24.0 Å². The maximum atomic E-state index is 12.4. The summed E-state index contributed by atoms with van der Waals surface area (Å²) in [5, 5.41) is 3.34. The van der Waals surface area contributed by atoms with Gasteiger partial charge in [-0.15, -0.1) is 0 Å². The van der Waals surface area contributed by atoms with Crippen LogP contribution in [0.1, 0.15) is 46.5 Å². The van der Waals surface area contributed by atoms with Crippen LogP contribution in [0.15, 0.2) is 23.1 Å². The van der Waals surface area contributed by atoms with Crippen molar-refractivity contribution < 1.29 is 17.9 Å². The number of sulfonamides is 1. The summed E-state index contributed by atoms with van der Waals surface area (Å²) in [6.45, 7) is 6.45. The Morgan fingerprint density at radius 1 is 1.07 bits per heavy atom. The van der Waals surface area contributed by atoms with Crippen molar-refractivity contribution in [3.63, 3.8) is 0 Å². The van der Waals surface area contributed by atoms with E-state index in [1.165, 1.54) is 18.2 Å². The van der Waals surface area contributed by atoms with Crippen LogP contribution in [-0.2, 0) is 14.8 Å². The molecule has 0 aliphatic heterocycles. The van der Waals surface area contributed by atoms with Crippen molar-refractivity contribution in [1.29, 1.82) is 0 Å². The molecule has 2 N–H and O–H groups in total. The summed E-state index contributed by atoms with van der Waals surface area (Å²) in [6, 6.07) is 4.27. The Morgan fingerprint density at radius 3 is 2.18 bits per heavy atom. The van der Waals surface area contributed by atoms with Crippen molar-refractivity contribution in [2.24, 2.45) is 11.8 Å². The quantitative estimate of drug-likeness (QED) is 0.662. The van der Waals surface area contributed by atoms with Crippen LogP contribution in [0, 0.1) is 11.8 Å². The first kappa shape index (κ1) is 23.3. The van der Waals surface area contributed by atoms with E-state index in [2.05, 4.69) is 10.0 Å². The Hall–Kier alpha value is -1.02. The third-order valence-corrected chi connectivity index (χ3v) is 6.82. The molecular formula is C19H28Cl2N2O4S. The molecule has 28 heavy (non-hydrogen) atoms. The lowest BCUT2D eigenvalue weighted by atomic mass is 9.82. The summed E-state index contributed by atoms with van der Waals surface area (Å²) in [5.41, 5.74) is -0.507. The summed E-state index contributed by atoms with van der Waals surface area (Å²) in [5.74, 6) is 0.658. The second-order valence-corrected chi connectivity index (χ2v) is 10.8. The third-order valence-electron chi connectivity index (χ3n) is 4.66. The van der Waals surface area contributed by atoms with Crippen molar-refractivity contribution in [1.82, 2.24) is 10.0 Å². The fourth-order valence-corrected chi connectivity index (χ4v) is 4.64. The highest BCUT2D eigenvalue weighted by molar-refractivity contribution is 7.89. The molecule has 1 aromatic rings. The fraction of sp³-hybridized carbons (Fsp3) is 0.632. The molecule has 0 heterocycles. The molecule has 1 fully saturated rings. The number of halogens is 2. The molecule has 1 aromatic carbocycles. The van der Waals surface area contributed by atoms with Gasteiger partial charge >= 0.3 is 6.09 Å². The van der Waals surface area contributed by atoms with E-state index in [1.54, 1.807) is 0 Å². The zero-order valence-corrected chi connectivity index (χ0v) is 18.8. The Kier molecular flexibility index (Phi) is 8.02. The van der Waals surface area contributed by atoms with Gasteiger partial charge in [0.25, 0.3) is 0 Å². The Labute approximate surface area is 177 Å². The van der Waals surface area contributed by atoms with Crippen molar-refractivity contribution in [2.75, 3.05) is 13.1 Å². The van der Waals surface area contributed by atoms with Gasteiger partial charge in [0.15, 0.2) is 0 Å². The zero-order chi connectivity index (χ0) is 20.9. The van der Waals surface area contributed by atoms with Crippen LogP contribution in [0.25, 0.3) is 0 Å². The van der Waals surface area contributed by atoms with Gasteiger partial charge in [-0.1, -0.05) is 23.2 Å². The maximum absolute atomic E-state index is 12.4. The number of nitrogens with one attached hydrogen (secondary N) is 2. The monoisotopic (exact) mass is 450 g/mol. The van der Waals surface area contributed by atoms with E-state index < -0.39 is 21.7 Å². The minimum Gasteiger partial charge on any atom is -0.444 e. The molecule has 0 unspecified atom stereocenters. The number of amides is 1. The smallest absolute Gasteiger partial charge is 0.407 e. The Bertz CT molecular complexity index is 786. The summed E-state index contributed by atoms with van der Waals surface area (Å²) < 4.78 is 32.7. The average molecular weight is 451 g/mol. The van der Waals surface area contributed by atoms with Gasteiger partial charge in [0.2, 0.25) is 10.0 Å². The van der Waals surface area contributed by atoms with Crippen LogP contribution in [0.2, 0.25) is 10.0 Å². The van der Waals surface area contributed by atoms with E-state index in [4.69, 9.17) is 27.9 Å². The second kappa shape index (κ2) is 9.65. The molecule has 0 saturated heterocycles. The summed E-state index contributed by atoms with van der Waals surface area (Å²) in [6.07, 6.45) is 3.29. The molecule has 1 amide bonds. The summed E-state index contributed by atoms with van der Waals surface area (Å²) >= 11 is 11.7. The molecule has 0 atom stereocenters. The summed E-state index contributed by atoms with van der Waals surface area (Å²) in [7, 11) is -3.62. The number of alkyl carbamates (subject to hydrolysis) is 1. The van der Waals surface area contributed by atoms with E-state index in [-0.39, 0.29) is 15.8 Å². The van der Waals surface area contributed by atoms with E-state index >= 15 is 0 Å². The predicted molar refractivity (Wildman–Crippen MR) is 111 cm³/mol. The van der Waals surface area contributed by atoms with Crippen molar-refractivity contribution in [3.8, 4) is 0 Å². The van der Waals surface area contributed by atoms with Gasteiger partial charge in [-0.25, -0.2) is 17.9 Å². The third kappa shape index (κ3) is 7.43. The van der Waals surface area contributed by atoms with Crippen LogP contribution in [0.3, 0.4) is 0 Å². The van der Waals surface area contributed by atoms with E-state index in [1.807, 2.05) is 20.8 Å². The molecule has 2 rings (SSSR count). The van der Waals surface area contributed by atoms with Gasteiger partial charge in [0.05, 0.1) is 14.9 Å². The van der Waals surface area contributed by atoms with E-state index in [9.17, 15) is 13.2 Å². The molecular weight excluding hydrogens is 423 g/mol. The van der Waals surface area contributed by atoms with E-state index in [0.717, 1.165) is 25.7 Å². The molecule has 0 spiro atoms. The van der Waals surface area contributed by atoms with Gasteiger partial charge in [-0.3, -0.25) is 0 Å². The van der Waals surface area contributed by atoms with Gasteiger partial charge in [-0.2, -0.15) is 0 Å². The van der Waals surface area contributed by atoms with Crippen LogP contribution < -0.4 is 10.0 Å². The lowest BCUT2D eigenvalue weighted by Gasteiger charge is -2.29. The molecule has 0 aromatic heterocycles. The van der Waals surface area contributed by atoms with Crippen molar-refractivity contribution >= 4 is 39.3 Å². The largest absolute Gasteiger partial charge is 0.444 e. The second-order valence-electron chi connectivity index (χ2n) is 8.20. The summed E-state index contributed by atoms with van der Waals surface area (Å²) in [4.78, 5) is 11.8. The van der Waals surface area contributed by atoms with Crippen LogP contribution in [0.4, 0.5) is 4.79 Å². The minimum absolute atomic E-state index is 0.108. The normalized spacial score (nSPS) is 20.6. The minimum atomic E-state index is -3.62. The van der Waals surface area contributed by atoms with Crippen LogP contribution >= 0.6 is 23.2 Å². The topological polar surface area (TPSA) is 84.5 Å². The lowest BCUT2D eigenvalue weighted by Crippen LogP contribution is -2.37. The average Bonchev–Trinajstić information content (AvgIpc) is 2.60. The van der Waals surface area contributed by atoms with Gasteiger partial charge < -0.3 is 10.1 Å². The van der Waals surface area contributed by atoms with Crippen LogP contribution in [0.5, 0.6) is 0 Å². The number of rotatable bonds is 6. The molecule has 1 saturated carbocycles. The molecule has 9 heteroatoms. The zero-order valence-electron chi connectivity index (χ0n) is 16.4. The number of hydrogen-bond donors (Lipinski definition) is 2. The first-order chi connectivity index (χ1) is 13.0. The Balaban J connectivity index is 1.75. The molecule has 1 aliphatic carbocycles. The fourth-order valence-electron chi connectivity index (χ4n) is 3.14. The van der Waals surface area contributed by atoms with Crippen molar-refractivity contribution in [3.05, 3.63) is 28.2 Å². The number of hydrogen-bond acceptors (Lipinski definition) is 4. The number of benzene rings is 1. The predicted octanol–water partition coefficient (Wildman–Crippen LogP) is 4.60. The molecule has 0 radical (unpaired) electrons. The number of carbonyl (C=O) groups excluding carboxylic acids is 1. The SMILES string of the molecule is CC(C)(C)OC(=O)NCC1CCC(CNS(=O)(=O)c2ccc(Cl)c(Cl)c2)CC1. The van der Waals surface area contributed by atoms with Gasteiger partial charge in [0, 0.05) is 13.1 Å². The van der Waals surface area contributed by atoms with Crippen LogP contribution in [-0.4, -0.2) is 33.2 Å². The lowest BCUT2D eigenvalue weighted by molar-refractivity contribution is 0.0513. The first-order valence-corrected chi connectivity index (χ1v) is 11.6. The molecule has 1 aliphatic rings. The number of carbonyl (C=O) groups is 1. The van der Waals surface area contributed by atoms with Gasteiger partial charge in [0.1, 0.15) is 5.60 Å². The van der Waals surface area contributed by atoms with Crippen molar-refractivity contribution in [2.45, 2.75) is 57.0 Å². The Morgan fingerprint density at radius 2 is 1.64 bits per heavy atom. The van der Waals surface area contributed by atoms with Gasteiger partial charge in [-0.05, 0) is 76.5 Å². The highest BCUT2D eigenvalue weighted by Gasteiger charge is 2.24. The highest BCUT2D eigenvalue weighted by Crippen LogP contribution is 2.29. The highest BCUT2D eigenvalue weighted by atomic mass is 35.5.